The van der Waals surface area contributed by atoms with Gasteiger partial charge in [-0.2, -0.15) is 0 Å². The minimum absolute atomic E-state index is 0.155. The summed E-state index contributed by atoms with van der Waals surface area (Å²) in [4.78, 5) is 18.7. The summed E-state index contributed by atoms with van der Waals surface area (Å²) >= 11 is 0. The molecule has 0 fully saturated rings. The van der Waals surface area contributed by atoms with E-state index in [4.69, 9.17) is 9.84 Å². The molecule has 0 aliphatic carbocycles. The first-order valence-electron chi connectivity index (χ1n) is 6.47. The maximum absolute atomic E-state index is 10.5. The second-order valence-corrected chi connectivity index (χ2v) is 4.42. The van der Waals surface area contributed by atoms with E-state index in [2.05, 4.69) is 15.3 Å². The van der Waals surface area contributed by atoms with Gasteiger partial charge in [-0.25, -0.2) is 9.97 Å². The summed E-state index contributed by atoms with van der Waals surface area (Å²) in [6.07, 6.45) is 3.08. The summed E-state index contributed by atoms with van der Waals surface area (Å²) in [6, 6.07) is 0.155. The molecule has 0 aromatic carbocycles. The highest BCUT2D eigenvalue weighted by molar-refractivity contribution is 5.66. The number of ether oxygens (including phenoxy) is 1. The number of anilines is 1. The van der Waals surface area contributed by atoms with Gasteiger partial charge in [0, 0.05) is 12.5 Å². The molecule has 6 heteroatoms. The fraction of sp³-hybridized carbons (Fsp3) is 0.615. The number of aromatic nitrogens is 2. The van der Waals surface area contributed by atoms with Crippen molar-refractivity contribution < 1.29 is 14.6 Å². The number of aliphatic carboxylic acids is 1. The number of hydrogen-bond acceptors (Lipinski definition) is 5. The second kappa shape index (κ2) is 7.56. The maximum atomic E-state index is 10.5. The first-order valence-corrected chi connectivity index (χ1v) is 6.47. The zero-order chi connectivity index (χ0) is 14.3. The van der Waals surface area contributed by atoms with Crippen LogP contribution in [0.25, 0.3) is 0 Å². The lowest BCUT2D eigenvalue weighted by molar-refractivity contribution is -0.137. The van der Waals surface area contributed by atoms with Crippen LogP contribution >= 0.6 is 0 Å². The van der Waals surface area contributed by atoms with Crippen LogP contribution in [-0.2, 0) is 4.79 Å². The lowest BCUT2D eigenvalue weighted by Gasteiger charge is -2.16. The molecule has 0 saturated heterocycles. The SMILES string of the molecule is CCOc1ncnc(NC(C)CCCC(=O)O)c1C. The zero-order valence-electron chi connectivity index (χ0n) is 11.6. The molecule has 0 aliphatic heterocycles. The number of carboxylic acids is 1. The van der Waals surface area contributed by atoms with Crippen LogP contribution in [0.4, 0.5) is 5.82 Å². The molecule has 106 valence electrons. The Hall–Kier alpha value is -1.85. The maximum Gasteiger partial charge on any atom is 0.303 e. The number of carboxylic acid groups (broad SMARTS) is 1. The van der Waals surface area contributed by atoms with E-state index in [9.17, 15) is 4.79 Å². The van der Waals surface area contributed by atoms with Crippen LogP contribution in [-0.4, -0.2) is 33.7 Å². The predicted molar refractivity (Wildman–Crippen MR) is 72.5 cm³/mol. The van der Waals surface area contributed by atoms with Crippen LogP contribution in [0.2, 0.25) is 0 Å². The third-order valence-electron chi connectivity index (χ3n) is 2.73. The van der Waals surface area contributed by atoms with Crippen LogP contribution in [0.5, 0.6) is 5.88 Å². The molecule has 1 aromatic heterocycles. The standard InChI is InChI=1S/C13H21N3O3/c1-4-19-13-10(3)12(14-8-15-13)16-9(2)6-5-7-11(17)18/h8-9H,4-7H2,1-3H3,(H,17,18)(H,14,15,16). The minimum atomic E-state index is -0.760. The quantitative estimate of drug-likeness (QED) is 0.751. The number of nitrogens with zero attached hydrogens (tertiary/aromatic N) is 2. The van der Waals surface area contributed by atoms with E-state index in [-0.39, 0.29) is 12.5 Å². The van der Waals surface area contributed by atoms with Crippen molar-refractivity contribution in [2.45, 2.75) is 46.1 Å². The van der Waals surface area contributed by atoms with Gasteiger partial charge in [0.15, 0.2) is 0 Å². The molecule has 0 amide bonds. The lowest BCUT2D eigenvalue weighted by atomic mass is 10.1. The van der Waals surface area contributed by atoms with E-state index in [0.717, 1.165) is 17.8 Å². The molecule has 19 heavy (non-hydrogen) atoms. The molecule has 6 nitrogen and oxygen atoms in total. The molecule has 1 atom stereocenters. The van der Waals surface area contributed by atoms with Gasteiger partial charge in [0.05, 0.1) is 12.2 Å². The van der Waals surface area contributed by atoms with Crippen molar-refractivity contribution in [2.24, 2.45) is 0 Å². The average molecular weight is 267 g/mol. The van der Waals surface area contributed by atoms with Gasteiger partial charge in [-0.3, -0.25) is 4.79 Å². The Bertz CT molecular complexity index is 424. The molecule has 1 unspecified atom stereocenters. The third-order valence-corrected chi connectivity index (χ3v) is 2.73. The van der Waals surface area contributed by atoms with Crippen LogP contribution in [0.3, 0.4) is 0 Å². The Balaban J connectivity index is 2.56. The van der Waals surface area contributed by atoms with Gasteiger partial charge in [-0.05, 0) is 33.6 Å². The number of hydrogen-bond donors (Lipinski definition) is 2. The van der Waals surface area contributed by atoms with Gasteiger partial charge in [0.25, 0.3) is 0 Å². The van der Waals surface area contributed by atoms with Crippen LogP contribution < -0.4 is 10.1 Å². The molecule has 2 N–H and O–H groups in total. The molecule has 0 radical (unpaired) electrons. The molecule has 0 saturated carbocycles. The summed E-state index contributed by atoms with van der Waals surface area (Å²) in [5.41, 5.74) is 0.870. The molecule has 0 bridgehead atoms. The highest BCUT2D eigenvalue weighted by Crippen LogP contribution is 2.21. The lowest BCUT2D eigenvalue weighted by Crippen LogP contribution is -2.17. The Morgan fingerprint density at radius 2 is 2.26 bits per heavy atom. The monoisotopic (exact) mass is 267 g/mol. The van der Waals surface area contributed by atoms with Crippen LogP contribution in [0, 0.1) is 6.92 Å². The summed E-state index contributed by atoms with van der Waals surface area (Å²) in [5, 5.41) is 11.9. The van der Waals surface area contributed by atoms with Crippen molar-refractivity contribution in [3.63, 3.8) is 0 Å². The number of nitrogens with one attached hydrogen (secondary N) is 1. The second-order valence-electron chi connectivity index (χ2n) is 4.42. The molecular weight excluding hydrogens is 246 g/mol. The van der Waals surface area contributed by atoms with Crippen molar-refractivity contribution in [1.29, 1.82) is 0 Å². The fourth-order valence-corrected chi connectivity index (χ4v) is 1.73. The van der Waals surface area contributed by atoms with Crippen molar-refractivity contribution >= 4 is 11.8 Å². The van der Waals surface area contributed by atoms with Gasteiger partial charge in [-0.1, -0.05) is 0 Å². The fourth-order valence-electron chi connectivity index (χ4n) is 1.73. The smallest absolute Gasteiger partial charge is 0.303 e. The van der Waals surface area contributed by atoms with Crippen molar-refractivity contribution in [3.8, 4) is 5.88 Å². The number of carbonyl (C=O) groups is 1. The van der Waals surface area contributed by atoms with Gasteiger partial charge >= 0.3 is 5.97 Å². The molecule has 1 rings (SSSR count). The average Bonchev–Trinajstić information content (AvgIpc) is 2.34. The van der Waals surface area contributed by atoms with Crippen LogP contribution in [0.15, 0.2) is 6.33 Å². The summed E-state index contributed by atoms with van der Waals surface area (Å²) < 4.78 is 5.40. The van der Waals surface area contributed by atoms with Crippen LogP contribution in [0.1, 0.15) is 38.7 Å². The van der Waals surface area contributed by atoms with Gasteiger partial charge in [0.1, 0.15) is 12.1 Å². The highest BCUT2D eigenvalue weighted by atomic mass is 16.5. The van der Waals surface area contributed by atoms with Crippen molar-refractivity contribution in [2.75, 3.05) is 11.9 Å². The first-order chi connectivity index (χ1) is 9.04. The van der Waals surface area contributed by atoms with E-state index >= 15 is 0 Å². The molecule has 1 aromatic rings. The largest absolute Gasteiger partial charge is 0.481 e. The topological polar surface area (TPSA) is 84.3 Å². The van der Waals surface area contributed by atoms with Crippen molar-refractivity contribution in [1.82, 2.24) is 9.97 Å². The van der Waals surface area contributed by atoms with E-state index in [1.54, 1.807) is 0 Å². The normalized spacial score (nSPS) is 11.9. The minimum Gasteiger partial charge on any atom is -0.481 e. The Morgan fingerprint density at radius 1 is 1.53 bits per heavy atom. The highest BCUT2D eigenvalue weighted by Gasteiger charge is 2.10. The van der Waals surface area contributed by atoms with E-state index in [1.165, 1.54) is 6.33 Å². The Morgan fingerprint density at radius 3 is 2.89 bits per heavy atom. The van der Waals surface area contributed by atoms with Gasteiger partial charge in [0.2, 0.25) is 5.88 Å². The van der Waals surface area contributed by atoms with Crippen molar-refractivity contribution in [3.05, 3.63) is 11.9 Å². The molecule has 0 spiro atoms. The van der Waals surface area contributed by atoms with E-state index < -0.39 is 5.97 Å². The summed E-state index contributed by atoms with van der Waals surface area (Å²) in [5.74, 6) is 0.558. The van der Waals surface area contributed by atoms with Gasteiger partial charge in [-0.15, -0.1) is 0 Å². The van der Waals surface area contributed by atoms with Gasteiger partial charge < -0.3 is 15.2 Å². The molecule has 1 heterocycles. The van der Waals surface area contributed by atoms with E-state index in [0.29, 0.717) is 18.9 Å². The third kappa shape index (κ3) is 5.11. The Kier molecular flexibility index (Phi) is 6.05. The number of rotatable bonds is 8. The zero-order valence-corrected chi connectivity index (χ0v) is 11.6. The summed E-state index contributed by atoms with van der Waals surface area (Å²) in [6.45, 7) is 6.37. The Labute approximate surface area is 113 Å². The van der Waals surface area contributed by atoms with E-state index in [1.807, 2.05) is 20.8 Å². The molecular formula is C13H21N3O3. The predicted octanol–water partition coefficient (Wildman–Crippen LogP) is 2.24. The molecule has 0 aliphatic rings. The first kappa shape index (κ1) is 15.2. The summed E-state index contributed by atoms with van der Waals surface area (Å²) in [7, 11) is 0.